The number of nitrogens with zero attached hydrogens (tertiary/aromatic N) is 6. The number of rotatable bonds is 13. The lowest BCUT2D eigenvalue weighted by Crippen LogP contribution is -3.00. The summed E-state index contributed by atoms with van der Waals surface area (Å²) in [7, 11) is 7.55. The third kappa shape index (κ3) is 8.71. The fourth-order valence-corrected chi connectivity index (χ4v) is 5.51. The summed E-state index contributed by atoms with van der Waals surface area (Å²) in [4.78, 5) is 41.6. The van der Waals surface area contributed by atoms with Gasteiger partial charge in [0.05, 0.1) is 64.1 Å². The van der Waals surface area contributed by atoms with Crippen molar-refractivity contribution in [3.8, 4) is 6.07 Å². The van der Waals surface area contributed by atoms with Crippen LogP contribution in [0.15, 0.2) is 64.6 Å². The number of esters is 1. The molecular weight excluding hydrogens is 651 g/mol. The molecule has 15 heteroatoms. The number of methoxy groups -OCH3 is 1. The Morgan fingerprint density at radius 2 is 1.77 bits per heavy atom. The van der Waals surface area contributed by atoms with E-state index in [-0.39, 0.29) is 47.6 Å². The fourth-order valence-electron chi connectivity index (χ4n) is 5.51. The van der Waals surface area contributed by atoms with Crippen LogP contribution in [0.5, 0.6) is 0 Å². The van der Waals surface area contributed by atoms with E-state index in [0.29, 0.717) is 17.7 Å². The molecule has 1 aliphatic heterocycles. The van der Waals surface area contributed by atoms with E-state index >= 15 is 0 Å². The first kappa shape index (κ1) is 38.0. The first-order valence-electron chi connectivity index (χ1n) is 15.1. The monoisotopic (exact) mass is 689 g/mol. The number of carbonyl (C=O) groups excluding carboxylic acids is 2. The van der Waals surface area contributed by atoms with Crippen molar-refractivity contribution in [2.75, 3.05) is 52.8 Å². The lowest BCUT2D eigenvalue weighted by atomic mass is 9.93. The molecule has 0 spiro atoms. The number of quaternary nitrogens is 1. The van der Waals surface area contributed by atoms with E-state index < -0.39 is 36.0 Å². The Balaban J connectivity index is 0.00000625. The Morgan fingerprint density at radius 1 is 1.08 bits per heavy atom. The number of ketones is 1. The summed E-state index contributed by atoms with van der Waals surface area (Å²) in [6.45, 7) is 2.76. The van der Waals surface area contributed by atoms with E-state index in [4.69, 9.17) is 4.74 Å². The van der Waals surface area contributed by atoms with Crippen LogP contribution in [0.25, 0.3) is 0 Å². The van der Waals surface area contributed by atoms with Crippen LogP contribution in [-0.2, 0) is 27.0 Å². The van der Waals surface area contributed by atoms with E-state index in [1.165, 1.54) is 36.1 Å². The Hall–Kier alpha value is -4.45. The number of halogens is 4. The number of hydrogen-bond acceptors (Lipinski definition) is 8. The van der Waals surface area contributed by atoms with Gasteiger partial charge in [0.2, 0.25) is 5.95 Å². The van der Waals surface area contributed by atoms with Crippen LogP contribution in [0.2, 0.25) is 0 Å². The third-order valence-corrected chi connectivity index (χ3v) is 7.83. The minimum absolute atomic E-state index is 0. The van der Waals surface area contributed by atoms with Crippen molar-refractivity contribution >= 4 is 23.4 Å². The van der Waals surface area contributed by atoms with Crippen LogP contribution in [0, 0.1) is 11.3 Å². The highest BCUT2D eigenvalue weighted by Gasteiger charge is 2.41. The number of nitrogens with one attached hydrogen (secondary N) is 1. The fraction of sp³-hybridized carbons (Fsp3) is 0.424. The molecule has 2 heterocycles. The minimum atomic E-state index is -4.66. The second-order valence-electron chi connectivity index (χ2n) is 12.4. The van der Waals surface area contributed by atoms with Gasteiger partial charge in [-0.15, -0.1) is 5.10 Å². The minimum Gasteiger partial charge on any atom is -1.00 e. The summed E-state index contributed by atoms with van der Waals surface area (Å²) in [5.41, 5.74) is -0.791. The van der Waals surface area contributed by atoms with Crippen molar-refractivity contribution in [1.29, 1.82) is 5.26 Å². The number of anilines is 2. The Labute approximate surface area is 283 Å². The molecule has 2 aromatic carbocycles. The molecule has 48 heavy (non-hydrogen) atoms. The standard InChI is InChI=1S/C33H39F3N7O4.ClH/c1-22-28(30(45)47-5)29(24-14-12-23(19-37)13-15-24)42-31(41(22)26-11-9-10-25(18-26)33(34,35)36)39-40(32(42)46)21-27(44)20-38-16-7-6-8-17-43(2,3)4;/h9-15,18,29,38H,6-8,16-17,20-21H2,1-5H3;1H/q+1;/p-1. The van der Waals surface area contributed by atoms with Crippen molar-refractivity contribution in [2.24, 2.45) is 0 Å². The quantitative estimate of drug-likeness (QED) is 0.161. The van der Waals surface area contributed by atoms with E-state index in [0.717, 1.165) is 58.8 Å². The average Bonchev–Trinajstić information content (AvgIpc) is 3.33. The molecule has 0 saturated carbocycles. The van der Waals surface area contributed by atoms with E-state index in [2.05, 4.69) is 31.6 Å². The highest BCUT2D eigenvalue weighted by molar-refractivity contribution is 5.93. The maximum atomic E-state index is 14.0. The molecule has 0 aliphatic carbocycles. The summed E-state index contributed by atoms with van der Waals surface area (Å²) < 4.78 is 49.3. The van der Waals surface area contributed by atoms with Gasteiger partial charge in [0, 0.05) is 11.4 Å². The van der Waals surface area contributed by atoms with Gasteiger partial charge in [-0.3, -0.25) is 9.69 Å². The summed E-state index contributed by atoms with van der Waals surface area (Å²) in [6.07, 6.45) is -1.73. The van der Waals surface area contributed by atoms with Crippen molar-refractivity contribution in [3.63, 3.8) is 0 Å². The number of benzene rings is 2. The summed E-state index contributed by atoms with van der Waals surface area (Å²) in [5.74, 6) is -1.24. The molecule has 0 saturated heterocycles. The smallest absolute Gasteiger partial charge is 0.416 e. The second kappa shape index (κ2) is 15.6. The SMILES string of the molecule is COC(=O)C1=C(C)N(c2cccc(C(F)(F)F)c2)c2nn(CC(=O)CNCCCCC[N+](C)(C)C)c(=O)n2C1c1ccc(C#N)cc1.[Cl-]. The molecule has 1 aromatic heterocycles. The van der Waals surface area contributed by atoms with E-state index in [1.807, 2.05) is 6.07 Å². The molecule has 1 unspecified atom stereocenters. The third-order valence-electron chi connectivity index (χ3n) is 7.83. The molecule has 0 radical (unpaired) electrons. The zero-order valence-corrected chi connectivity index (χ0v) is 28.2. The average molecular weight is 690 g/mol. The molecular formula is C33H39ClF3N7O4. The highest BCUT2D eigenvalue weighted by Crippen LogP contribution is 2.43. The van der Waals surface area contributed by atoms with Crippen molar-refractivity contribution in [1.82, 2.24) is 19.7 Å². The summed E-state index contributed by atoms with van der Waals surface area (Å²) >= 11 is 0. The molecule has 11 nitrogen and oxygen atoms in total. The van der Waals surface area contributed by atoms with Gasteiger partial charge in [0.1, 0.15) is 12.6 Å². The van der Waals surface area contributed by atoms with Crippen molar-refractivity contribution < 1.29 is 44.4 Å². The van der Waals surface area contributed by atoms with Crippen LogP contribution in [0.3, 0.4) is 0 Å². The number of unbranched alkanes of at least 4 members (excludes halogenated alkanes) is 2. The van der Waals surface area contributed by atoms with Crippen LogP contribution in [0.4, 0.5) is 24.8 Å². The number of Topliss-reactive ketones (excluding diaryl/α,β-unsaturated/α-hetero) is 1. The predicted molar refractivity (Wildman–Crippen MR) is 169 cm³/mol. The largest absolute Gasteiger partial charge is 1.00 e. The van der Waals surface area contributed by atoms with Gasteiger partial charge in [-0.25, -0.2) is 18.8 Å². The number of hydrogen-bond donors (Lipinski definition) is 1. The molecule has 1 atom stereocenters. The zero-order valence-electron chi connectivity index (χ0n) is 27.5. The Kier molecular flexibility index (Phi) is 12.4. The van der Waals surface area contributed by atoms with Crippen LogP contribution in [0.1, 0.15) is 48.9 Å². The molecule has 4 rings (SSSR count). The van der Waals surface area contributed by atoms with Gasteiger partial charge < -0.3 is 26.9 Å². The Morgan fingerprint density at radius 3 is 2.38 bits per heavy atom. The molecule has 1 aliphatic rings. The maximum absolute atomic E-state index is 14.0. The summed E-state index contributed by atoms with van der Waals surface area (Å²) in [5, 5.41) is 16.8. The second-order valence-corrected chi connectivity index (χ2v) is 12.4. The van der Waals surface area contributed by atoms with Crippen molar-refractivity contribution in [3.05, 3.63) is 87.0 Å². The lowest BCUT2D eigenvalue weighted by Gasteiger charge is -2.35. The number of aromatic nitrogens is 3. The number of allylic oxidation sites excluding steroid dienone is 1. The number of fused-ring (bicyclic) bond motifs is 1. The van der Waals surface area contributed by atoms with Gasteiger partial charge in [-0.1, -0.05) is 18.2 Å². The predicted octanol–water partition coefficient (Wildman–Crippen LogP) is 1.16. The van der Waals surface area contributed by atoms with Gasteiger partial charge in [-0.05, 0) is 68.6 Å². The molecule has 0 fully saturated rings. The molecule has 0 bridgehead atoms. The first-order chi connectivity index (χ1) is 22.2. The van der Waals surface area contributed by atoms with Gasteiger partial charge in [0.15, 0.2) is 5.78 Å². The number of ether oxygens (including phenoxy) is 1. The first-order valence-corrected chi connectivity index (χ1v) is 15.1. The van der Waals surface area contributed by atoms with E-state index in [9.17, 15) is 32.8 Å². The number of carbonyl (C=O) groups is 2. The molecule has 0 amide bonds. The van der Waals surface area contributed by atoms with Crippen LogP contribution in [-0.4, -0.2) is 78.5 Å². The van der Waals surface area contributed by atoms with E-state index in [1.54, 1.807) is 12.1 Å². The topological polar surface area (TPSA) is 122 Å². The maximum Gasteiger partial charge on any atom is 0.416 e. The van der Waals surface area contributed by atoms with Gasteiger partial charge >= 0.3 is 17.8 Å². The van der Waals surface area contributed by atoms with Crippen molar-refractivity contribution in [2.45, 2.75) is 44.9 Å². The zero-order chi connectivity index (χ0) is 34.5. The number of alkyl halides is 3. The van der Waals surface area contributed by atoms with Crippen LogP contribution >= 0.6 is 0 Å². The van der Waals surface area contributed by atoms with Gasteiger partial charge in [-0.2, -0.15) is 18.4 Å². The van der Waals surface area contributed by atoms with Gasteiger partial charge in [0.25, 0.3) is 0 Å². The van der Waals surface area contributed by atoms with Crippen LogP contribution < -0.4 is 28.3 Å². The lowest BCUT2D eigenvalue weighted by molar-refractivity contribution is -0.870. The normalized spacial score (nSPS) is 14.6. The molecule has 1 N–H and O–H groups in total. The Bertz CT molecular complexity index is 1750. The highest BCUT2D eigenvalue weighted by atomic mass is 35.5. The summed E-state index contributed by atoms with van der Waals surface area (Å²) in [6, 6.07) is 11.5. The number of nitriles is 1. The molecule has 3 aromatic rings. The molecule has 258 valence electrons.